The Morgan fingerprint density at radius 2 is 2.00 bits per heavy atom. The van der Waals surface area contributed by atoms with Gasteiger partial charge in [0.05, 0.1) is 5.52 Å². The van der Waals surface area contributed by atoms with Crippen LogP contribution < -0.4 is 5.43 Å². The van der Waals surface area contributed by atoms with Crippen molar-refractivity contribution in [3.05, 3.63) is 44.7 Å². The fourth-order valence-electron chi connectivity index (χ4n) is 2.51. The van der Waals surface area contributed by atoms with Crippen LogP contribution in [0.15, 0.2) is 23.1 Å². The molecule has 0 amide bonds. The van der Waals surface area contributed by atoms with Crippen LogP contribution in [0, 0.1) is 0 Å². The molecular weight excluding hydrogens is 222 g/mol. The monoisotopic (exact) mass is 233 g/mol. The Bertz CT molecular complexity index is 615. The molecule has 0 fully saturated rings. The molecule has 1 aliphatic carbocycles. The lowest BCUT2D eigenvalue weighted by atomic mass is 9.90. The van der Waals surface area contributed by atoms with Crippen molar-refractivity contribution in [1.29, 1.82) is 0 Å². The maximum absolute atomic E-state index is 11.9. The first-order valence-electron chi connectivity index (χ1n) is 5.59. The standard InChI is InChI=1S/C13H12ClNO/c14-11-7-15-12-9-4-2-1-3-8(9)5-6-10(12)13(11)16/h5-7H,1-4H2,(H,15,16). The molecule has 1 aromatic heterocycles. The number of hydrogen-bond acceptors (Lipinski definition) is 1. The maximum Gasteiger partial charge on any atom is 0.207 e. The van der Waals surface area contributed by atoms with Gasteiger partial charge in [0.15, 0.2) is 0 Å². The largest absolute Gasteiger partial charge is 0.359 e. The number of benzene rings is 1. The van der Waals surface area contributed by atoms with Gasteiger partial charge in [-0.15, -0.1) is 0 Å². The first-order valence-corrected chi connectivity index (χ1v) is 5.97. The van der Waals surface area contributed by atoms with Crippen molar-refractivity contribution in [3.63, 3.8) is 0 Å². The van der Waals surface area contributed by atoms with Crippen molar-refractivity contribution in [3.8, 4) is 0 Å². The summed E-state index contributed by atoms with van der Waals surface area (Å²) >= 11 is 5.83. The summed E-state index contributed by atoms with van der Waals surface area (Å²) < 4.78 is 0. The van der Waals surface area contributed by atoms with Crippen molar-refractivity contribution in [2.45, 2.75) is 25.7 Å². The number of aromatic nitrogens is 1. The summed E-state index contributed by atoms with van der Waals surface area (Å²) in [6.07, 6.45) is 6.23. The van der Waals surface area contributed by atoms with E-state index in [4.69, 9.17) is 11.6 Å². The third-order valence-electron chi connectivity index (χ3n) is 3.34. The summed E-state index contributed by atoms with van der Waals surface area (Å²) in [7, 11) is 0. The number of pyridine rings is 1. The van der Waals surface area contributed by atoms with E-state index in [-0.39, 0.29) is 10.5 Å². The van der Waals surface area contributed by atoms with E-state index >= 15 is 0 Å². The number of aromatic amines is 1. The molecule has 1 aromatic carbocycles. The molecule has 0 saturated carbocycles. The van der Waals surface area contributed by atoms with Crippen LogP contribution in [0.4, 0.5) is 0 Å². The van der Waals surface area contributed by atoms with Gasteiger partial charge < -0.3 is 4.98 Å². The normalized spacial score (nSPS) is 15.1. The zero-order chi connectivity index (χ0) is 11.1. The van der Waals surface area contributed by atoms with Gasteiger partial charge in [-0.2, -0.15) is 0 Å². The molecule has 0 unspecified atom stereocenters. The third kappa shape index (κ3) is 1.37. The maximum atomic E-state index is 11.9. The number of aryl methyl sites for hydroxylation is 2. The Labute approximate surface area is 98.3 Å². The van der Waals surface area contributed by atoms with Gasteiger partial charge in [0.2, 0.25) is 5.43 Å². The molecule has 0 saturated heterocycles. The number of rotatable bonds is 0. The molecule has 3 rings (SSSR count). The highest BCUT2D eigenvalue weighted by Gasteiger charge is 2.14. The molecule has 82 valence electrons. The molecule has 1 N–H and O–H groups in total. The highest BCUT2D eigenvalue weighted by Crippen LogP contribution is 2.26. The van der Waals surface area contributed by atoms with Crippen molar-refractivity contribution in [2.75, 3.05) is 0 Å². The number of H-pyrrole nitrogens is 1. The minimum Gasteiger partial charge on any atom is -0.359 e. The zero-order valence-corrected chi connectivity index (χ0v) is 9.60. The van der Waals surface area contributed by atoms with E-state index in [1.54, 1.807) is 6.20 Å². The van der Waals surface area contributed by atoms with Gasteiger partial charge in [0.1, 0.15) is 5.02 Å². The lowest BCUT2D eigenvalue weighted by Crippen LogP contribution is -2.09. The Balaban J connectivity index is 2.41. The van der Waals surface area contributed by atoms with Gasteiger partial charge in [-0.05, 0) is 42.9 Å². The van der Waals surface area contributed by atoms with E-state index in [1.807, 2.05) is 6.07 Å². The second kappa shape index (κ2) is 3.63. The molecule has 3 heteroatoms. The number of halogens is 1. The average Bonchev–Trinajstić information content (AvgIpc) is 2.33. The fraction of sp³-hybridized carbons (Fsp3) is 0.308. The predicted molar refractivity (Wildman–Crippen MR) is 66.2 cm³/mol. The van der Waals surface area contributed by atoms with Crippen molar-refractivity contribution in [2.24, 2.45) is 0 Å². The zero-order valence-electron chi connectivity index (χ0n) is 8.85. The molecule has 2 nitrogen and oxygen atoms in total. The molecule has 0 aliphatic heterocycles. The summed E-state index contributed by atoms with van der Waals surface area (Å²) in [5.74, 6) is 0. The van der Waals surface area contributed by atoms with Crippen LogP contribution in [0.5, 0.6) is 0 Å². The van der Waals surface area contributed by atoms with E-state index in [2.05, 4.69) is 11.1 Å². The molecule has 1 heterocycles. The highest BCUT2D eigenvalue weighted by molar-refractivity contribution is 6.31. The van der Waals surface area contributed by atoms with Crippen LogP contribution in [0.25, 0.3) is 10.9 Å². The van der Waals surface area contributed by atoms with E-state index in [9.17, 15) is 4.79 Å². The first-order chi connectivity index (χ1) is 7.77. The van der Waals surface area contributed by atoms with Crippen molar-refractivity contribution < 1.29 is 0 Å². The minimum atomic E-state index is -0.0659. The number of nitrogens with one attached hydrogen (secondary N) is 1. The molecule has 0 spiro atoms. The van der Waals surface area contributed by atoms with Gasteiger partial charge in [-0.1, -0.05) is 17.7 Å². The van der Waals surface area contributed by atoms with Gasteiger partial charge in [0, 0.05) is 11.6 Å². The lowest BCUT2D eigenvalue weighted by molar-refractivity contribution is 0.689. The lowest BCUT2D eigenvalue weighted by Gasteiger charge is -2.17. The molecular formula is C13H12ClNO. The quantitative estimate of drug-likeness (QED) is 0.745. The summed E-state index contributed by atoms with van der Waals surface area (Å²) in [6, 6.07) is 3.96. The molecule has 0 bridgehead atoms. The minimum absolute atomic E-state index is 0.0659. The van der Waals surface area contributed by atoms with E-state index in [1.165, 1.54) is 24.0 Å². The molecule has 2 aromatic rings. The summed E-state index contributed by atoms with van der Waals surface area (Å²) in [5, 5.41) is 0.983. The van der Waals surface area contributed by atoms with Crippen LogP contribution in [-0.4, -0.2) is 4.98 Å². The molecule has 0 atom stereocenters. The van der Waals surface area contributed by atoms with Crippen LogP contribution >= 0.6 is 11.6 Å². The average molecular weight is 234 g/mol. The van der Waals surface area contributed by atoms with E-state index < -0.39 is 0 Å². The molecule has 1 aliphatic rings. The smallest absolute Gasteiger partial charge is 0.207 e. The van der Waals surface area contributed by atoms with E-state index in [0.29, 0.717) is 5.39 Å². The second-order valence-electron chi connectivity index (χ2n) is 4.30. The summed E-state index contributed by atoms with van der Waals surface area (Å²) in [5.41, 5.74) is 3.59. The molecule has 16 heavy (non-hydrogen) atoms. The number of hydrogen-bond donors (Lipinski definition) is 1. The van der Waals surface area contributed by atoms with Gasteiger partial charge in [-0.3, -0.25) is 4.79 Å². The highest BCUT2D eigenvalue weighted by atomic mass is 35.5. The Kier molecular flexibility index (Phi) is 2.25. The van der Waals surface area contributed by atoms with Gasteiger partial charge in [-0.25, -0.2) is 0 Å². The second-order valence-corrected chi connectivity index (χ2v) is 4.71. The summed E-state index contributed by atoms with van der Waals surface area (Å²) in [6.45, 7) is 0. The topological polar surface area (TPSA) is 32.9 Å². The van der Waals surface area contributed by atoms with Crippen molar-refractivity contribution >= 4 is 22.5 Å². The molecule has 0 radical (unpaired) electrons. The van der Waals surface area contributed by atoms with Crippen molar-refractivity contribution in [1.82, 2.24) is 4.98 Å². The Hall–Kier alpha value is -1.28. The van der Waals surface area contributed by atoms with E-state index in [0.717, 1.165) is 18.4 Å². The first kappa shape index (κ1) is 9.91. The Morgan fingerprint density at radius 1 is 1.19 bits per heavy atom. The van der Waals surface area contributed by atoms with Crippen LogP contribution in [-0.2, 0) is 12.8 Å². The van der Waals surface area contributed by atoms with Crippen LogP contribution in [0.1, 0.15) is 24.0 Å². The number of fused-ring (bicyclic) bond motifs is 3. The Morgan fingerprint density at radius 3 is 2.88 bits per heavy atom. The van der Waals surface area contributed by atoms with Crippen LogP contribution in [0.2, 0.25) is 5.02 Å². The van der Waals surface area contributed by atoms with Crippen LogP contribution in [0.3, 0.4) is 0 Å². The third-order valence-corrected chi connectivity index (χ3v) is 3.62. The van der Waals surface area contributed by atoms with Gasteiger partial charge in [0.25, 0.3) is 0 Å². The predicted octanol–water partition coefficient (Wildman–Crippen LogP) is 3.06. The van der Waals surface area contributed by atoms with Gasteiger partial charge >= 0.3 is 0 Å². The fourth-order valence-corrected chi connectivity index (χ4v) is 2.67. The SMILES string of the molecule is O=c1c(Cl)c[nH]c2c3c(ccc12)CCCC3. The summed E-state index contributed by atoms with van der Waals surface area (Å²) in [4.78, 5) is 15.0.